The van der Waals surface area contributed by atoms with E-state index in [1.54, 1.807) is 10.9 Å². The normalized spacial score (nSPS) is 23.6. The highest BCUT2D eigenvalue weighted by molar-refractivity contribution is 5.97. The molecule has 18 heavy (non-hydrogen) atoms. The molecule has 0 radical (unpaired) electrons. The molecule has 2 N–H and O–H groups in total. The molecule has 0 aliphatic carbocycles. The molecule has 2 unspecified atom stereocenters. The van der Waals surface area contributed by atoms with Gasteiger partial charge in [0.05, 0.1) is 11.9 Å². The second-order valence-electron chi connectivity index (χ2n) is 4.97. The summed E-state index contributed by atoms with van der Waals surface area (Å²) < 4.78 is 1.69. The molecule has 1 amide bonds. The third-order valence-corrected chi connectivity index (χ3v) is 3.86. The summed E-state index contributed by atoms with van der Waals surface area (Å²) >= 11 is 0. The maximum absolute atomic E-state index is 12.7. The highest BCUT2D eigenvalue weighted by Gasteiger charge is 2.35. The third kappa shape index (κ3) is 1.98. The van der Waals surface area contributed by atoms with Crippen molar-refractivity contribution in [2.75, 3.05) is 5.73 Å². The van der Waals surface area contributed by atoms with Crippen molar-refractivity contribution in [1.29, 1.82) is 0 Å². The summed E-state index contributed by atoms with van der Waals surface area (Å²) in [4.78, 5) is 14.7. The Morgan fingerprint density at radius 1 is 1.50 bits per heavy atom. The van der Waals surface area contributed by atoms with E-state index in [1.165, 1.54) is 0 Å². The van der Waals surface area contributed by atoms with Gasteiger partial charge in [-0.25, -0.2) is 0 Å². The summed E-state index contributed by atoms with van der Waals surface area (Å²) in [6.45, 7) is 6.87. The molecule has 0 bridgehead atoms. The van der Waals surface area contributed by atoms with Crippen LogP contribution in [0.5, 0.6) is 0 Å². The number of nitrogen functional groups attached to an aromatic ring is 1. The predicted octanol–water partition coefficient (Wildman–Crippen LogP) is 1.89. The molecule has 1 aliphatic rings. The first kappa shape index (κ1) is 12.9. The van der Waals surface area contributed by atoms with Crippen LogP contribution in [-0.4, -0.2) is 32.7 Å². The number of anilines is 1. The molecule has 2 atom stereocenters. The number of hydrogen-bond donors (Lipinski definition) is 1. The van der Waals surface area contributed by atoms with Crippen molar-refractivity contribution in [2.45, 2.75) is 58.7 Å². The predicted molar refractivity (Wildman–Crippen MR) is 71.3 cm³/mol. The van der Waals surface area contributed by atoms with Crippen LogP contribution in [0, 0.1) is 0 Å². The van der Waals surface area contributed by atoms with E-state index in [1.807, 2.05) is 11.8 Å². The first-order chi connectivity index (χ1) is 8.60. The molecule has 5 heteroatoms. The molecule has 5 nitrogen and oxygen atoms in total. The van der Waals surface area contributed by atoms with Crippen LogP contribution in [-0.2, 0) is 6.54 Å². The lowest BCUT2D eigenvalue weighted by atomic mass is 10.1. The molecule has 1 fully saturated rings. The zero-order valence-electron chi connectivity index (χ0n) is 11.4. The van der Waals surface area contributed by atoms with Crippen molar-refractivity contribution in [2.24, 2.45) is 0 Å². The zero-order valence-corrected chi connectivity index (χ0v) is 11.4. The van der Waals surface area contributed by atoms with Crippen molar-refractivity contribution < 1.29 is 4.79 Å². The number of carbonyl (C=O) groups excluding carboxylic acids is 1. The fraction of sp³-hybridized carbons (Fsp3) is 0.692. The second-order valence-corrected chi connectivity index (χ2v) is 4.97. The monoisotopic (exact) mass is 250 g/mol. The number of carbonyl (C=O) groups is 1. The highest BCUT2D eigenvalue weighted by atomic mass is 16.2. The van der Waals surface area contributed by atoms with Crippen LogP contribution < -0.4 is 5.73 Å². The van der Waals surface area contributed by atoms with Gasteiger partial charge in [-0.05, 0) is 33.1 Å². The Bertz CT molecular complexity index is 440. The van der Waals surface area contributed by atoms with Gasteiger partial charge in [-0.15, -0.1) is 0 Å². The Morgan fingerprint density at radius 3 is 2.83 bits per heavy atom. The van der Waals surface area contributed by atoms with E-state index in [0.29, 0.717) is 30.0 Å². The van der Waals surface area contributed by atoms with Crippen molar-refractivity contribution in [1.82, 2.24) is 14.7 Å². The van der Waals surface area contributed by atoms with E-state index in [-0.39, 0.29) is 5.91 Å². The van der Waals surface area contributed by atoms with Crippen LogP contribution in [0.3, 0.4) is 0 Å². The lowest BCUT2D eigenvalue weighted by molar-refractivity contribution is 0.0664. The minimum absolute atomic E-state index is 0.0312. The molecule has 1 saturated heterocycles. The minimum atomic E-state index is 0.0312. The smallest absolute Gasteiger partial charge is 0.274 e. The molecule has 1 aromatic rings. The molecule has 0 saturated carbocycles. The van der Waals surface area contributed by atoms with Gasteiger partial charge in [0.1, 0.15) is 5.69 Å². The van der Waals surface area contributed by atoms with Crippen molar-refractivity contribution in [3.05, 3.63) is 11.9 Å². The molecule has 1 aliphatic heterocycles. The van der Waals surface area contributed by atoms with E-state index in [9.17, 15) is 4.79 Å². The number of rotatable bonds is 3. The Hall–Kier alpha value is -1.52. The molecule has 0 spiro atoms. The fourth-order valence-electron chi connectivity index (χ4n) is 2.83. The van der Waals surface area contributed by atoms with Crippen molar-refractivity contribution in [3.63, 3.8) is 0 Å². The van der Waals surface area contributed by atoms with Gasteiger partial charge in [-0.1, -0.05) is 6.92 Å². The topological polar surface area (TPSA) is 64.2 Å². The fourth-order valence-corrected chi connectivity index (χ4v) is 2.83. The average Bonchev–Trinajstić information content (AvgIpc) is 2.91. The van der Waals surface area contributed by atoms with E-state index in [2.05, 4.69) is 18.9 Å². The summed E-state index contributed by atoms with van der Waals surface area (Å²) in [5, 5.41) is 4.15. The number of nitrogens with two attached hydrogens (primary N) is 1. The Morgan fingerprint density at radius 2 is 2.22 bits per heavy atom. The summed E-state index contributed by atoms with van der Waals surface area (Å²) in [6, 6.07) is 0.633. The van der Waals surface area contributed by atoms with Gasteiger partial charge in [-0.3, -0.25) is 9.48 Å². The van der Waals surface area contributed by atoms with Gasteiger partial charge in [0.2, 0.25) is 0 Å². The second kappa shape index (κ2) is 5.00. The van der Waals surface area contributed by atoms with Gasteiger partial charge in [0.15, 0.2) is 0 Å². The van der Waals surface area contributed by atoms with E-state index in [4.69, 9.17) is 5.73 Å². The number of hydrogen-bond acceptors (Lipinski definition) is 3. The van der Waals surface area contributed by atoms with E-state index in [0.717, 1.165) is 19.3 Å². The van der Waals surface area contributed by atoms with Crippen LogP contribution in [0.15, 0.2) is 6.20 Å². The van der Waals surface area contributed by atoms with Crippen molar-refractivity contribution in [3.8, 4) is 0 Å². The minimum Gasteiger partial charge on any atom is -0.396 e. The first-order valence-electron chi connectivity index (χ1n) is 6.74. The lowest BCUT2D eigenvalue weighted by Crippen LogP contribution is -2.41. The van der Waals surface area contributed by atoms with Gasteiger partial charge < -0.3 is 10.6 Å². The summed E-state index contributed by atoms with van der Waals surface area (Å²) in [5.41, 5.74) is 6.92. The van der Waals surface area contributed by atoms with Gasteiger partial charge in [0.25, 0.3) is 5.91 Å². The molecule has 0 aromatic carbocycles. The summed E-state index contributed by atoms with van der Waals surface area (Å²) in [7, 11) is 0. The zero-order chi connectivity index (χ0) is 13.3. The van der Waals surface area contributed by atoms with Crippen LogP contribution in [0.4, 0.5) is 5.69 Å². The molecular formula is C13H22N4O. The number of likely N-dealkylation sites (tertiary alicyclic amines) is 1. The van der Waals surface area contributed by atoms with E-state index >= 15 is 0 Å². The van der Waals surface area contributed by atoms with Crippen molar-refractivity contribution >= 4 is 11.6 Å². The maximum Gasteiger partial charge on any atom is 0.274 e. The quantitative estimate of drug-likeness (QED) is 0.891. The average molecular weight is 250 g/mol. The van der Waals surface area contributed by atoms with Crippen LogP contribution in [0.1, 0.15) is 50.5 Å². The Balaban J connectivity index is 2.32. The van der Waals surface area contributed by atoms with E-state index < -0.39 is 0 Å². The largest absolute Gasteiger partial charge is 0.396 e. The summed E-state index contributed by atoms with van der Waals surface area (Å²) in [6.07, 6.45) is 4.72. The SMILES string of the molecule is CCC1CCC(C)N1C(=O)c1c(N)cnn1CC. The molecule has 2 heterocycles. The van der Waals surface area contributed by atoms with Gasteiger partial charge in [-0.2, -0.15) is 5.10 Å². The van der Waals surface area contributed by atoms with Gasteiger partial charge >= 0.3 is 0 Å². The molecule has 2 rings (SSSR count). The highest BCUT2D eigenvalue weighted by Crippen LogP contribution is 2.29. The van der Waals surface area contributed by atoms with Gasteiger partial charge in [0, 0.05) is 18.6 Å². The summed E-state index contributed by atoms with van der Waals surface area (Å²) in [5.74, 6) is 0.0312. The number of aromatic nitrogens is 2. The first-order valence-corrected chi connectivity index (χ1v) is 6.74. The maximum atomic E-state index is 12.7. The number of amides is 1. The number of aryl methyl sites for hydroxylation is 1. The molecule has 1 aromatic heterocycles. The van der Waals surface area contributed by atoms with Crippen LogP contribution in [0.2, 0.25) is 0 Å². The number of nitrogens with zero attached hydrogens (tertiary/aromatic N) is 3. The molecular weight excluding hydrogens is 228 g/mol. The molecule has 100 valence electrons. The third-order valence-electron chi connectivity index (χ3n) is 3.86. The Labute approximate surface area is 108 Å². The Kier molecular flexibility index (Phi) is 3.59. The lowest BCUT2D eigenvalue weighted by Gasteiger charge is -2.28. The van der Waals surface area contributed by atoms with Crippen LogP contribution >= 0.6 is 0 Å². The van der Waals surface area contributed by atoms with Crippen LogP contribution in [0.25, 0.3) is 0 Å². The standard InChI is InChI=1S/C13H22N4O/c1-4-10-7-6-9(3)17(10)13(18)12-11(14)8-15-16(12)5-2/h8-10H,4-7,14H2,1-3H3.